The maximum atomic E-state index is 13.7. The molecule has 1 heterocycles. The van der Waals surface area contributed by atoms with Gasteiger partial charge in [-0.3, -0.25) is 14.4 Å². The minimum atomic E-state index is -4.01. The normalized spacial score (nSPS) is 12.7. The maximum absolute atomic E-state index is 13.7. The van der Waals surface area contributed by atoms with Gasteiger partial charge in [0.15, 0.2) is 25.5 Å². The summed E-state index contributed by atoms with van der Waals surface area (Å²) >= 11 is 0. The van der Waals surface area contributed by atoms with Crippen LogP contribution in [-0.2, 0) is 93.3 Å². The third-order valence-electron chi connectivity index (χ3n) is 12.0. The highest BCUT2D eigenvalue weighted by Gasteiger charge is 2.37. The van der Waals surface area contributed by atoms with Gasteiger partial charge in [0.1, 0.15) is 0 Å². The first kappa shape index (κ1) is 72.9. The molecule has 3 rings (SSSR count). The number of aryl methyl sites for hydroxylation is 1. The lowest BCUT2D eigenvalue weighted by Crippen LogP contribution is -2.38. The van der Waals surface area contributed by atoms with Gasteiger partial charge in [0, 0.05) is 42.2 Å². The van der Waals surface area contributed by atoms with Gasteiger partial charge in [-0.25, -0.2) is 21.5 Å². The Kier molecular flexibility index (Phi) is 36.5. The zero-order valence-corrected chi connectivity index (χ0v) is 51.5. The molecule has 83 heavy (non-hydrogen) atoms. The van der Waals surface area contributed by atoms with Crippen LogP contribution in [-0.4, -0.2) is 237 Å². The quantitative estimate of drug-likeness (QED) is 0.0604. The van der Waals surface area contributed by atoms with E-state index in [1.54, 1.807) is 16.8 Å². The summed E-state index contributed by atoms with van der Waals surface area (Å²) in [4.78, 5) is 38.4. The van der Waals surface area contributed by atoms with Crippen molar-refractivity contribution < 1.29 is 88.1 Å². The van der Waals surface area contributed by atoms with Crippen LogP contribution in [0, 0.1) is 12.8 Å². The van der Waals surface area contributed by atoms with Crippen molar-refractivity contribution in [1.82, 2.24) is 25.6 Å². The number of aromatic nitrogens is 3. The Morgan fingerprint density at radius 1 is 0.494 bits per heavy atom. The summed E-state index contributed by atoms with van der Waals surface area (Å²) in [7, 11) is -7.88. The summed E-state index contributed by atoms with van der Waals surface area (Å²) in [6.07, 6.45) is 2.19. The summed E-state index contributed by atoms with van der Waals surface area (Å²) in [5, 5.41) is 13.9. The molecular weight excluding hydrogens is 1120 g/mol. The first-order valence-electron chi connectivity index (χ1n) is 28.2. The molecule has 1 unspecified atom stereocenters. The summed E-state index contributed by atoms with van der Waals surface area (Å²) in [5.41, 5.74) is 2.13. The first-order valence-corrected chi connectivity index (χ1v) is 31.5. The largest absolute Gasteiger partial charge is 0.379 e. The number of carbonyl (C=O) groups is 3. The van der Waals surface area contributed by atoms with Crippen LogP contribution < -0.4 is 10.6 Å². The molecule has 3 aromatic rings. The average Bonchev–Trinajstić information content (AvgIpc) is 4.02. The molecule has 0 spiro atoms. The first-order chi connectivity index (χ1) is 39.7. The highest BCUT2D eigenvalue weighted by Crippen LogP contribution is 2.25. The number of rotatable bonds is 50. The van der Waals surface area contributed by atoms with Crippen molar-refractivity contribution >= 4 is 37.3 Å². The van der Waals surface area contributed by atoms with E-state index in [1.165, 1.54) is 57.2 Å². The number of Topliss-reactive ketones (excluding diaryl/α,β-unsaturated/α-hetero) is 1. The molecule has 1 atom stereocenters. The van der Waals surface area contributed by atoms with Crippen molar-refractivity contribution in [2.24, 2.45) is 5.92 Å². The third kappa shape index (κ3) is 33.2. The molecule has 0 aliphatic heterocycles. The van der Waals surface area contributed by atoms with Gasteiger partial charge in [-0.2, -0.15) is 0 Å². The van der Waals surface area contributed by atoms with Crippen LogP contribution in [0.15, 0.2) is 59.6 Å². The number of benzene rings is 2. The Labute approximate surface area is 491 Å². The number of hydrogen-bond donors (Lipinski definition) is 2. The second kappa shape index (κ2) is 41.6. The van der Waals surface area contributed by atoms with Crippen LogP contribution >= 0.6 is 0 Å². The number of sulfone groups is 2. The molecule has 26 heteroatoms. The Hall–Kier alpha value is -4.39. The van der Waals surface area contributed by atoms with Crippen molar-refractivity contribution in [2.45, 2.75) is 76.5 Å². The van der Waals surface area contributed by atoms with E-state index in [-0.39, 0.29) is 46.9 Å². The predicted octanol–water partition coefficient (Wildman–Crippen LogP) is 3.51. The number of hydrogen-bond acceptors (Lipinski definition) is 21. The van der Waals surface area contributed by atoms with E-state index in [4.69, 9.17) is 56.8 Å². The van der Waals surface area contributed by atoms with Gasteiger partial charge in [-0.05, 0) is 52.0 Å². The van der Waals surface area contributed by atoms with Gasteiger partial charge in [-0.1, -0.05) is 55.8 Å². The molecule has 0 aliphatic carbocycles. The molecule has 472 valence electrons. The highest BCUT2D eigenvalue weighted by atomic mass is 32.2. The van der Waals surface area contributed by atoms with E-state index in [2.05, 4.69) is 41.7 Å². The van der Waals surface area contributed by atoms with Crippen LogP contribution in [0.25, 0.3) is 0 Å². The molecule has 24 nitrogen and oxygen atoms in total. The maximum Gasteiger partial charge on any atom is 0.251 e. The van der Waals surface area contributed by atoms with Crippen LogP contribution in [0.4, 0.5) is 0 Å². The fourth-order valence-electron chi connectivity index (χ4n) is 7.01. The Balaban J connectivity index is 1.02. The molecular formula is C57H93N5O19S2. The summed E-state index contributed by atoms with van der Waals surface area (Å²) in [6.45, 7) is 23.6. The third-order valence-corrected chi connectivity index (χ3v) is 16.6. The number of ether oxygens (including phenoxy) is 12. The van der Waals surface area contributed by atoms with Gasteiger partial charge in [0.25, 0.3) is 5.91 Å². The molecule has 0 aliphatic rings. The van der Waals surface area contributed by atoms with Gasteiger partial charge in [0.2, 0.25) is 5.91 Å². The lowest BCUT2D eigenvalue weighted by atomic mass is 9.93. The van der Waals surface area contributed by atoms with Crippen molar-refractivity contribution in [3.05, 3.63) is 77.1 Å². The minimum Gasteiger partial charge on any atom is -0.379 e. The van der Waals surface area contributed by atoms with E-state index in [1.807, 2.05) is 13.1 Å². The van der Waals surface area contributed by atoms with Crippen molar-refractivity contribution in [3.63, 3.8) is 0 Å². The number of ketones is 1. The summed E-state index contributed by atoms with van der Waals surface area (Å²) in [6, 6.07) is 11.8. The van der Waals surface area contributed by atoms with Gasteiger partial charge in [0.05, 0.1) is 198 Å². The fraction of sp³-hybridized carbons (Fsp3) is 0.702. The molecule has 0 bridgehead atoms. The lowest BCUT2D eigenvalue weighted by Gasteiger charge is -2.23. The number of nitrogens with zero attached hydrogens (tertiary/aromatic N) is 3. The van der Waals surface area contributed by atoms with E-state index >= 15 is 0 Å². The van der Waals surface area contributed by atoms with Crippen molar-refractivity contribution in [1.29, 1.82) is 0 Å². The average molecular weight is 1220 g/mol. The molecule has 2 N–H and O–H groups in total. The van der Waals surface area contributed by atoms with Gasteiger partial charge < -0.3 is 67.5 Å². The SMILES string of the molecule is Cc1ccc(S(=O)(=O)CC(CS(=O)(=O)C(C)(C)C)C(=O)c2ccc(C(=O)NCCOCCOCCOCCOCCOCCOCCOCCOCCC(=O)NCCOCCOCCOCCOCCn3cc(C(C)(C)C)nn3)cc2)cc1. The molecule has 0 fully saturated rings. The topological polar surface area (TPSA) is 285 Å². The highest BCUT2D eigenvalue weighted by molar-refractivity contribution is 7.93. The number of amides is 2. The second-order valence-electron chi connectivity index (χ2n) is 20.9. The van der Waals surface area contributed by atoms with E-state index in [0.717, 1.165) is 11.3 Å². The van der Waals surface area contributed by atoms with E-state index in [0.29, 0.717) is 165 Å². The summed E-state index contributed by atoms with van der Waals surface area (Å²) in [5.74, 6) is -3.87. The van der Waals surface area contributed by atoms with Crippen LogP contribution in [0.3, 0.4) is 0 Å². The molecule has 0 saturated carbocycles. The van der Waals surface area contributed by atoms with Gasteiger partial charge in [-0.15, -0.1) is 5.10 Å². The van der Waals surface area contributed by atoms with E-state index < -0.39 is 53.5 Å². The number of nitrogens with one attached hydrogen (secondary N) is 2. The predicted molar refractivity (Wildman–Crippen MR) is 310 cm³/mol. The summed E-state index contributed by atoms with van der Waals surface area (Å²) < 4.78 is 120. The minimum absolute atomic E-state index is 0.00106. The van der Waals surface area contributed by atoms with Crippen molar-refractivity contribution in [3.8, 4) is 0 Å². The Bertz CT molecular complexity index is 2450. The monoisotopic (exact) mass is 1220 g/mol. The lowest BCUT2D eigenvalue weighted by molar-refractivity contribution is -0.122. The van der Waals surface area contributed by atoms with Crippen molar-refractivity contribution in [2.75, 3.05) is 183 Å². The second-order valence-corrected chi connectivity index (χ2v) is 25.8. The van der Waals surface area contributed by atoms with Crippen LogP contribution in [0.2, 0.25) is 0 Å². The van der Waals surface area contributed by atoms with E-state index in [9.17, 15) is 31.2 Å². The smallest absolute Gasteiger partial charge is 0.251 e. The standard InChI is InChI=1S/C57H93N5O19S2/c1-47-8-14-51(15-9-47)82(66,67)45-50(46-83(68,69)57(5,6)7)54(64)48-10-12-49(13-11-48)55(65)59-18-22-72-26-30-76-34-37-79-39-41-81-43-42-80-40-38-78-36-32-74-28-24-70-20-16-53(63)58-17-21-71-25-29-75-33-35-77-31-27-73-23-19-62-44-52(60-61-62)56(2,3)4/h8-15,44,50H,16-43,45-46H2,1-7H3,(H,58,63)(H,59,65). The molecule has 2 aromatic carbocycles. The molecule has 0 radical (unpaired) electrons. The molecule has 0 saturated heterocycles. The zero-order chi connectivity index (χ0) is 60.7. The number of carbonyl (C=O) groups excluding carboxylic acids is 3. The Morgan fingerprint density at radius 3 is 1.29 bits per heavy atom. The molecule has 2 amide bonds. The van der Waals surface area contributed by atoms with Crippen LogP contribution in [0.1, 0.15) is 79.9 Å². The Morgan fingerprint density at radius 2 is 0.880 bits per heavy atom. The zero-order valence-electron chi connectivity index (χ0n) is 49.9. The fourth-order valence-corrected chi connectivity index (χ4v) is 10.0. The molecule has 1 aromatic heterocycles. The van der Waals surface area contributed by atoms with Crippen LogP contribution in [0.5, 0.6) is 0 Å². The van der Waals surface area contributed by atoms with Gasteiger partial charge >= 0.3 is 0 Å².